The van der Waals surface area contributed by atoms with Crippen LogP contribution in [0.2, 0.25) is 0 Å². The first kappa shape index (κ1) is 16.0. The summed E-state index contributed by atoms with van der Waals surface area (Å²) in [6, 6.07) is 5.41. The molecule has 1 atom stereocenters. The molecule has 0 aliphatic carbocycles. The van der Waals surface area contributed by atoms with E-state index in [0.29, 0.717) is 29.1 Å². The minimum absolute atomic E-state index is 0.00393. The van der Waals surface area contributed by atoms with Gasteiger partial charge in [0.1, 0.15) is 5.75 Å². The number of hydrogen-bond acceptors (Lipinski definition) is 5. The summed E-state index contributed by atoms with van der Waals surface area (Å²) >= 11 is 0. The van der Waals surface area contributed by atoms with E-state index in [2.05, 4.69) is 9.88 Å². The van der Waals surface area contributed by atoms with Gasteiger partial charge in [0.25, 0.3) is 5.56 Å². The smallest absolute Gasteiger partial charge is 0.261 e. The van der Waals surface area contributed by atoms with Crippen LogP contribution in [0, 0.1) is 5.92 Å². The van der Waals surface area contributed by atoms with E-state index in [0.717, 1.165) is 32.7 Å². The molecule has 3 rings (SSSR count). The Morgan fingerprint density at radius 2 is 2.22 bits per heavy atom. The van der Waals surface area contributed by atoms with E-state index in [4.69, 9.17) is 9.47 Å². The highest BCUT2D eigenvalue weighted by molar-refractivity contribution is 5.78. The number of methoxy groups -OCH3 is 2. The van der Waals surface area contributed by atoms with Gasteiger partial charge in [-0.05, 0) is 37.1 Å². The fourth-order valence-electron chi connectivity index (χ4n) is 3.16. The molecule has 0 spiro atoms. The standard InChI is InChI=1S/C17H23N3O3/c1-22-8-7-19-6-5-13(10-19)11-20-12-18-16-4-3-14(23-2)9-15(16)17(20)21/h3-4,9,12-13H,5-8,10-11H2,1-2H3. The maximum absolute atomic E-state index is 12.7. The summed E-state index contributed by atoms with van der Waals surface area (Å²) in [5, 5.41) is 0.612. The lowest BCUT2D eigenvalue weighted by atomic mass is 10.1. The van der Waals surface area contributed by atoms with Gasteiger partial charge >= 0.3 is 0 Å². The Kier molecular flexibility index (Phi) is 4.93. The third-order valence-corrected chi connectivity index (χ3v) is 4.47. The van der Waals surface area contributed by atoms with E-state index < -0.39 is 0 Å². The molecule has 1 unspecified atom stereocenters. The second-order valence-electron chi connectivity index (χ2n) is 6.03. The molecule has 0 radical (unpaired) electrons. The van der Waals surface area contributed by atoms with Crippen LogP contribution in [-0.4, -0.2) is 54.9 Å². The topological polar surface area (TPSA) is 56.6 Å². The number of nitrogens with zero attached hydrogens (tertiary/aromatic N) is 3. The van der Waals surface area contributed by atoms with Crippen LogP contribution >= 0.6 is 0 Å². The fraction of sp³-hybridized carbons (Fsp3) is 0.529. The highest BCUT2D eigenvalue weighted by Gasteiger charge is 2.23. The lowest BCUT2D eigenvalue weighted by Crippen LogP contribution is -2.28. The van der Waals surface area contributed by atoms with Crippen LogP contribution in [0.25, 0.3) is 10.9 Å². The average molecular weight is 317 g/mol. The van der Waals surface area contributed by atoms with E-state index in [9.17, 15) is 4.79 Å². The second kappa shape index (κ2) is 7.10. The third kappa shape index (κ3) is 3.54. The van der Waals surface area contributed by atoms with Gasteiger partial charge in [0.05, 0.1) is 30.9 Å². The summed E-state index contributed by atoms with van der Waals surface area (Å²) in [5.74, 6) is 1.16. The first-order valence-electron chi connectivity index (χ1n) is 7.95. The summed E-state index contributed by atoms with van der Waals surface area (Å²) in [4.78, 5) is 19.5. The minimum atomic E-state index is 0.00393. The predicted octanol–water partition coefficient (Wildman–Crippen LogP) is 1.37. The van der Waals surface area contributed by atoms with Crippen molar-refractivity contribution < 1.29 is 9.47 Å². The molecule has 1 aromatic carbocycles. The maximum atomic E-state index is 12.7. The second-order valence-corrected chi connectivity index (χ2v) is 6.03. The Morgan fingerprint density at radius 1 is 1.35 bits per heavy atom. The lowest BCUT2D eigenvalue weighted by Gasteiger charge is -2.16. The van der Waals surface area contributed by atoms with E-state index in [1.165, 1.54) is 0 Å². The molecule has 124 valence electrons. The van der Waals surface area contributed by atoms with Gasteiger partial charge in [-0.3, -0.25) is 9.36 Å². The summed E-state index contributed by atoms with van der Waals surface area (Å²) in [6.45, 7) is 4.49. The molecule has 1 aliphatic rings. The van der Waals surface area contributed by atoms with Crippen LogP contribution in [0.15, 0.2) is 29.3 Å². The molecule has 0 saturated carbocycles. The van der Waals surface area contributed by atoms with Crippen molar-refractivity contribution in [3.63, 3.8) is 0 Å². The number of likely N-dealkylation sites (tertiary alicyclic amines) is 1. The zero-order valence-corrected chi connectivity index (χ0v) is 13.7. The van der Waals surface area contributed by atoms with Crippen molar-refractivity contribution in [1.29, 1.82) is 0 Å². The summed E-state index contributed by atoms with van der Waals surface area (Å²) in [6.07, 6.45) is 2.77. The highest BCUT2D eigenvalue weighted by Crippen LogP contribution is 2.19. The molecular formula is C17H23N3O3. The van der Waals surface area contributed by atoms with Crippen LogP contribution in [-0.2, 0) is 11.3 Å². The van der Waals surface area contributed by atoms with Gasteiger partial charge in [0.15, 0.2) is 0 Å². The quantitative estimate of drug-likeness (QED) is 0.805. The van der Waals surface area contributed by atoms with Crippen LogP contribution < -0.4 is 10.3 Å². The molecule has 1 aliphatic heterocycles. The first-order chi connectivity index (χ1) is 11.2. The van der Waals surface area contributed by atoms with Crippen LogP contribution in [0.4, 0.5) is 0 Å². The van der Waals surface area contributed by atoms with Crippen molar-refractivity contribution in [3.05, 3.63) is 34.9 Å². The Bertz CT molecular complexity index is 729. The van der Waals surface area contributed by atoms with E-state index in [-0.39, 0.29) is 5.56 Å². The van der Waals surface area contributed by atoms with Crippen molar-refractivity contribution in [1.82, 2.24) is 14.5 Å². The van der Waals surface area contributed by atoms with Gasteiger partial charge in [0.2, 0.25) is 0 Å². The fourth-order valence-corrected chi connectivity index (χ4v) is 3.16. The Hall–Kier alpha value is -1.92. The normalized spacial score (nSPS) is 18.6. The molecule has 1 aromatic heterocycles. The molecule has 23 heavy (non-hydrogen) atoms. The van der Waals surface area contributed by atoms with Crippen LogP contribution in [0.5, 0.6) is 5.75 Å². The molecule has 0 bridgehead atoms. The predicted molar refractivity (Wildman–Crippen MR) is 89.0 cm³/mol. The number of hydrogen-bond donors (Lipinski definition) is 0. The van der Waals surface area contributed by atoms with Gasteiger partial charge in [0, 0.05) is 26.7 Å². The van der Waals surface area contributed by atoms with Crippen molar-refractivity contribution in [3.8, 4) is 5.75 Å². The van der Waals surface area contributed by atoms with Gasteiger partial charge in [-0.1, -0.05) is 0 Å². The molecule has 1 fully saturated rings. The van der Waals surface area contributed by atoms with Crippen LogP contribution in [0.1, 0.15) is 6.42 Å². The van der Waals surface area contributed by atoms with Gasteiger partial charge in [-0.25, -0.2) is 4.98 Å². The van der Waals surface area contributed by atoms with Crippen molar-refractivity contribution in [2.45, 2.75) is 13.0 Å². The van der Waals surface area contributed by atoms with Crippen LogP contribution in [0.3, 0.4) is 0 Å². The highest BCUT2D eigenvalue weighted by atomic mass is 16.5. The van der Waals surface area contributed by atoms with Crippen molar-refractivity contribution in [2.75, 3.05) is 40.5 Å². The number of rotatable bonds is 6. The van der Waals surface area contributed by atoms with Gasteiger partial charge < -0.3 is 14.4 Å². The molecule has 0 N–H and O–H groups in total. The monoisotopic (exact) mass is 317 g/mol. The average Bonchev–Trinajstić information content (AvgIpc) is 3.03. The summed E-state index contributed by atoms with van der Waals surface area (Å²) in [7, 11) is 3.32. The first-order valence-corrected chi connectivity index (χ1v) is 7.95. The lowest BCUT2D eigenvalue weighted by molar-refractivity contribution is 0.158. The Balaban J connectivity index is 1.76. The SMILES string of the molecule is COCCN1CCC(Cn2cnc3ccc(OC)cc3c2=O)C1. The third-order valence-electron chi connectivity index (χ3n) is 4.47. The Morgan fingerprint density at radius 3 is 3.00 bits per heavy atom. The van der Waals surface area contributed by atoms with Crippen molar-refractivity contribution >= 4 is 10.9 Å². The molecule has 0 amide bonds. The van der Waals surface area contributed by atoms with E-state index >= 15 is 0 Å². The number of ether oxygens (including phenoxy) is 2. The Labute approximate surface area is 135 Å². The zero-order chi connectivity index (χ0) is 16.2. The molecule has 2 aromatic rings. The molecule has 2 heterocycles. The van der Waals surface area contributed by atoms with Gasteiger partial charge in [-0.15, -0.1) is 0 Å². The largest absolute Gasteiger partial charge is 0.497 e. The summed E-state index contributed by atoms with van der Waals surface area (Å²) < 4.78 is 12.1. The molecule has 6 nitrogen and oxygen atoms in total. The van der Waals surface area contributed by atoms with E-state index in [1.807, 2.05) is 12.1 Å². The van der Waals surface area contributed by atoms with E-state index in [1.54, 1.807) is 31.2 Å². The van der Waals surface area contributed by atoms with Gasteiger partial charge in [-0.2, -0.15) is 0 Å². The number of aromatic nitrogens is 2. The maximum Gasteiger partial charge on any atom is 0.261 e. The number of benzene rings is 1. The number of fused-ring (bicyclic) bond motifs is 1. The van der Waals surface area contributed by atoms with Crippen molar-refractivity contribution in [2.24, 2.45) is 5.92 Å². The zero-order valence-electron chi connectivity index (χ0n) is 13.7. The molecule has 6 heteroatoms. The molecular weight excluding hydrogens is 294 g/mol. The minimum Gasteiger partial charge on any atom is -0.497 e. The molecule has 1 saturated heterocycles. The summed E-state index contributed by atoms with van der Waals surface area (Å²) in [5.41, 5.74) is 0.712.